The molecule has 15 heavy (non-hydrogen) atoms. The summed E-state index contributed by atoms with van der Waals surface area (Å²) in [6.07, 6.45) is 3.47. The van der Waals surface area contributed by atoms with E-state index >= 15 is 0 Å². The number of aromatic amines is 1. The molecule has 2 aromatic rings. The summed E-state index contributed by atoms with van der Waals surface area (Å²) in [6, 6.07) is 5.16. The molecule has 1 aromatic carbocycles. The Morgan fingerprint density at radius 2 is 2.27 bits per heavy atom. The number of rotatable bonds is 3. The largest absolute Gasteiger partial charge is 0.361 e. The minimum Gasteiger partial charge on any atom is -0.361 e. The highest BCUT2D eigenvalue weighted by molar-refractivity contribution is 5.83. The number of hydrogen-bond donors (Lipinski definition) is 2. The molecule has 1 heterocycles. The Labute approximate surface area is 88.3 Å². The zero-order valence-corrected chi connectivity index (χ0v) is 8.76. The Bertz CT molecular complexity index is 462. The third-order valence-corrected chi connectivity index (χ3v) is 2.74. The minimum atomic E-state index is -0.174. The predicted molar refractivity (Wildman–Crippen MR) is 60.2 cm³/mol. The molecule has 0 saturated heterocycles. The second kappa shape index (κ2) is 4.03. The summed E-state index contributed by atoms with van der Waals surface area (Å²) in [5.41, 5.74) is 7.68. The lowest BCUT2D eigenvalue weighted by Gasteiger charge is -2.07. The van der Waals surface area contributed by atoms with E-state index in [-0.39, 0.29) is 11.9 Å². The maximum Gasteiger partial charge on any atom is 0.132 e. The van der Waals surface area contributed by atoms with E-state index in [0.717, 1.165) is 23.9 Å². The van der Waals surface area contributed by atoms with Crippen molar-refractivity contribution in [3.05, 3.63) is 35.8 Å². The van der Waals surface area contributed by atoms with Gasteiger partial charge in [-0.1, -0.05) is 13.0 Å². The van der Waals surface area contributed by atoms with Crippen LogP contribution in [0, 0.1) is 5.82 Å². The lowest BCUT2D eigenvalue weighted by Crippen LogP contribution is -2.21. The van der Waals surface area contributed by atoms with E-state index in [1.165, 1.54) is 6.07 Å². The number of nitrogens with one attached hydrogen (secondary N) is 1. The number of nitrogens with two attached hydrogens (primary N) is 1. The molecule has 0 amide bonds. The molecule has 3 heteroatoms. The first kappa shape index (κ1) is 10.2. The summed E-state index contributed by atoms with van der Waals surface area (Å²) in [7, 11) is 0. The molecule has 0 spiro atoms. The Morgan fingerprint density at radius 3 is 3.00 bits per heavy atom. The second-order valence-corrected chi connectivity index (χ2v) is 3.85. The molecule has 0 aliphatic rings. The molecule has 0 unspecified atom stereocenters. The summed E-state index contributed by atoms with van der Waals surface area (Å²) >= 11 is 0. The quantitative estimate of drug-likeness (QED) is 0.796. The van der Waals surface area contributed by atoms with Crippen LogP contribution < -0.4 is 5.73 Å². The van der Waals surface area contributed by atoms with E-state index in [2.05, 4.69) is 4.98 Å². The Balaban J connectivity index is 2.43. The highest BCUT2D eigenvalue weighted by atomic mass is 19.1. The molecule has 3 N–H and O–H groups in total. The second-order valence-electron chi connectivity index (χ2n) is 3.85. The van der Waals surface area contributed by atoms with Crippen molar-refractivity contribution in [3.63, 3.8) is 0 Å². The predicted octanol–water partition coefficient (Wildman–Crippen LogP) is 2.59. The van der Waals surface area contributed by atoms with Gasteiger partial charge in [0.25, 0.3) is 0 Å². The van der Waals surface area contributed by atoms with Crippen LogP contribution in [0.3, 0.4) is 0 Å². The van der Waals surface area contributed by atoms with Crippen LogP contribution in [0.25, 0.3) is 10.9 Å². The molecule has 1 aromatic heterocycles. The first-order valence-corrected chi connectivity index (χ1v) is 5.22. The normalized spacial score (nSPS) is 13.3. The monoisotopic (exact) mass is 206 g/mol. The van der Waals surface area contributed by atoms with Gasteiger partial charge in [-0.15, -0.1) is 0 Å². The molecule has 0 fully saturated rings. The van der Waals surface area contributed by atoms with Gasteiger partial charge in [0, 0.05) is 23.1 Å². The highest BCUT2D eigenvalue weighted by Gasteiger charge is 2.10. The van der Waals surface area contributed by atoms with E-state index < -0.39 is 0 Å². The molecule has 80 valence electrons. The van der Waals surface area contributed by atoms with E-state index in [0.29, 0.717) is 5.39 Å². The SMILES string of the molecule is CC[C@@H](N)Cc1c[nH]c2cccc(F)c12. The summed E-state index contributed by atoms with van der Waals surface area (Å²) < 4.78 is 13.6. The zero-order chi connectivity index (χ0) is 10.8. The average molecular weight is 206 g/mol. The number of H-pyrrole nitrogens is 1. The minimum absolute atomic E-state index is 0.101. The molecule has 0 saturated carbocycles. The maximum atomic E-state index is 13.6. The molecule has 2 nitrogen and oxygen atoms in total. The highest BCUT2D eigenvalue weighted by Crippen LogP contribution is 2.22. The number of aromatic nitrogens is 1. The first-order valence-electron chi connectivity index (χ1n) is 5.22. The van der Waals surface area contributed by atoms with Crippen LogP contribution in [0.4, 0.5) is 4.39 Å². The molecule has 0 aliphatic heterocycles. The van der Waals surface area contributed by atoms with Crippen LogP contribution >= 0.6 is 0 Å². The lowest BCUT2D eigenvalue weighted by molar-refractivity contribution is 0.630. The van der Waals surface area contributed by atoms with Crippen molar-refractivity contribution in [2.24, 2.45) is 5.73 Å². The summed E-state index contributed by atoms with van der Waals surface area (Å²) in [5.74, 6) is -0.174. The van der Waals surface area contributed by atoms with E-state index in [1.54, 1.807) is 6.07 Å². The van der Waals surface area contributed by atoms with E-state index in [1.807, 2.05) is 19.2 Å². The number of fused-ring (bicyclic) bond motifs is 1. The van der Waals surface area contributed by atoms with Gasteiger partial charge in [0.2, 0.25) is 0 Å². The molecule has 0 radical (unpaired) electrons. The molecular formula is C12H15FN2. The van der Waals surface area contributed by atoms with Crippen LogP contribution in [0.15, 0.2) is 24.4 Å². The van der Waals surface area contributed by atoms with Crippen molar-refractivity contribution in [2.75, 3.05) is 0 Å². The van der Waals surface area contributed by atoms with E-state index in [4.69, 9.17) is 5.73 Å². The van der Waals surface area contributed by atoms with Gasteiger partial charge >= 0.3 is 0 Å². The van der Waals surface area contributed by atoms with Crippen LogP contribution in [0.2, 0.25) is 0 Å². The van der Waals surface area contributed by atoms with Crippen LogP contribution in [0.1, 0.15) is 18.9 Å². The smallest absolute Gasteiger partial charge is 0.132 e. The van der Waals surface area contributed by atoms with Gasteiger partial charge in [-0.3, -0.25) is 0 Å². The fraction of sp³-hybridized carbons (Fsp3) is 0.333. The average Bonchev–Trinajstić information content (AvgIpc) is 2.63. The summed E-state index contributed by atoms with van der Waals surface area (Å²) in [6.45, 7) is 2.04. The van der Waals surface area contributed by atoms with Crippen LogP contribution in [-0.4, -0.2) is 11.0 Å². The van der Waals surface area contributed by atoms with Crippen molar-refractivity contribution in [2.45, 2.75) is 25.8 Å². The molecule has 0 aliphatic carbocycles. The van der Waals surface area contributed by atoms with Gasteiger partial charge in [-0.25, -0.2) is 4.39 Å². The molecule has 1 atom stereocenters. The van der Waals surface area contributed by atoms with Gasteiger partial charge in [-0.2, -0.15) is 0 Å². The number of halogens is 1. The fourth-order valence-electron chi connectivity index (χ4n) is 1.80. The van der Waals surface area contributed by atoms with Gasteiger partial charge in [0.05, 0.1) is 0 Å². The van der Waals surface area contributed by atoms with Crippen molar-refractivity contribution >= 4 is 10.9 Å². The maximum absolute atomic E-state index is 13.6. The topological polar surface area (TPSA) is 41.8 Å². The Hall–Kier alpha value is -1.35. The first-order chi connectivity index (χ1) is 7.22. The Morgan fingerprint density at radius 1 is 1.47 bits per heavy atom. The standard InChI is InChI=1S/C12H15FN2/c1-2-9(14)6-8-7-15-11-5-3-4-10(13)12(8)11/h3-5,7,9,15H,2,6,14H2,1H3/t9-/m1/s1. The van der Waals surface area contributed by atoms with Crippen molar-refractivity contribution in [3.8, 4) is 0 Å². The van der Waals surface area contributed by atoms with E-state index in [9.17, 15) is 4.39 Å². The van der Waals surface area contributed by atoms with Crippen LogP contribution in [0.5, 0.6) is 0 Å². The van der Waals surface area contributed by atoms with Crippen LogP contribution in [-0.2, 0) is 6.42 Å². The molecular weight excluding hydrogens is 191 g/mol. The van der Waals surface area contributed by atoms with Gasteiger partial charge < -0.3 is 10.7 Å². The third-order valence-electron chi connectivity index (χ3n) is 2.74. The fourth-order valence-corrected chi connectivity index (χ4v) is 1.80. The number of hydrogen-bond acceptors (Lipinski definition) is 1. The van der Waals surface area contributed by atoms with Crippen molar-refractivity contribution in [1.29, 1.82) is 0 Å². The molecule has 0 bridgehead atoms. The summed E-state index contributed by atoms with van der Waals surface area (Å²) in [5, 5.41) is 0.682. The molecule has 2 rings (SSSR count). The third kappa shape index (κ3) is 1.88. The zero-order valence-electron chi connectivity index (χ0n) is 8.76. The van der Waals surface area contributed by atoms with Gasteiger partial charge in [0.15, 0.2) is 0 Å². The van der Waals surface area contributed by atoms with Gasteiger partial charge in [0.1, 0.15) is 5.82 Å². The van der Waals surface area contributed by atoms with Crippen molar-refractivity contribution in [1.82, 2.24) is 4.98 Å². The number of benzene rings is 1. The lowest BCUT2D eigenvalue weighted by atomic mass is 10.0. The Kier molecular flexibility index (Phi) is 2.73. The van der Waals surface area contributed by atoms with Gasteiger partial charge in [-0.05, 0) is 30.5 Å². The van der Waals surface area contributed by atoms with Crippen molar-refractivity contribution < 1.29 is 4.39 Å². The summed E-state index contributed by atoms with van der Waals surface area (Å²) in [4.78, 5) is 3.06.